The first-order valence-electron chi connectivity index (χ1n) is 8.24. The minimum atomic E-state index is -4.57. The number of aromatic nitrogens is 2. The van der Waals surface area contributed by atoms with Crippen molar-refractivity contribution in [1.29, 1.82) is 0 Å². The lowest BCUT2D eigenvalue weighted by Crippen LogP contribution is -2.46. The number of carboxylic acids is 1. The third-order valence-corrected chi connectivity index (χ3v) is 3.96. The molecular weight excluding hydrogens is 379 g/mol. The molecule has 0 radical (unpaired) electrons. The number of alkyl halides is 3. The Balaban J connectivity index is 2.50. The maximum absolute atomic E-state index is 13.0. The van der Waals surface area contributed by atoms with Gasteiger partial charge in [0, 0.05) is 11.8 Å². The van der Waals surface area contributed by atoms with Crippen molar-refractivity contribution in [2.24, 2.45) is 5.92 Å². The van der Waals surface area contributed by atoms with Gasteiger partial charge in [0.25, 0.3) is 5.91 Å². The second kappa shape index (κ2) is 7.83. The number of hydrogen-bond acceptors (Lipinski definition) is 4. The number of halogens is 3. The van der Waals surface area contributed by atoms with Crippen LogP contribution in [0.15, 0.2) is 35.1 Å². The smallest absolute Gasteiger partial charge is 0.416 e. The fourth-order valence-corrected chi connectivity index (χ4v) is 2.50. The Labute approximate surface area is 157 Å². The quantitative estimate of drug-likeness (QED) is 0.807. The van der Waals surface area contributed by atoms with E-state index in [2.05, 4.69) is 10.4 Å². The predicted molar refractivity (Wildman–Crippen MR) is 93.3 cm³/mol. The van der Waals surface area contributed by atoms with E-state index in [0.717, 1.165) is 22.9 Å². The Kier molecular flexibility index (Phi) is 5.91. The van der Waals surface area contributed by atoms with E-state index in [-0.39, 0.29) is 11.4 Å². The molecule has 0 bridgehead atoms. The molecule has 0 fully saturated rings. The number of benzene rings is 1. The number of carbonyl (C=O) groups excluding carboxylic acids is 1. The van der Waals surface area contributed by atoms with Crippen LogP contribution in [0, 0.1) is 12.8 Å². The van der Waals surface area contributed by atoms with Crippen LogP contribution in [0.2, 0.25) is 0 Å². The van der Waals surface area contributed by atoms with Crippen molar-refractivity contribution < 1.29 is 27.9 Å². The molecule has 1 heterocycles. The topological polar surface area (TPSA) is 101 Å². The zero-order valence-electron chi connectivity index (χ0n) is 15.2. The molecule has 1 unspecified atom stereocenters. The molecule has 7 nitrogen and oxygen atoms in total. The summed E-state index contributed by atoms with van der Waals surface area (Å²) in [6.45, 7) is 4.59. The highest BCUT2D eigenvalue weighted by molar-refractivity contribution is 5.94. The predicted octanol–water partition coefficient (Wildman–Crippen LogP) is 2.40. The van der Waals surface area contributed by atoms with Gasteiger partial charge in [0.15, 0.2) is 5.69 Å². The summed E-state index contributed by atoms with van der Waals surface area (Å²) in [5.74, 6) is -2.77. The van der Waals surface area contributed by atoms with E-state index in [0.29, 0.717) is 0 Å². The number of aryl methyl sites for hydroxylation is 1. The molecule has 0 spiro atoms. The average Bonchev–Trinajstić information content (AvgIpc) is 2.58. The summed E-state index contributed by atoms with van der Waals surface area (Å²) in [5.41, 5.74) is -2.10. The Bertz CT molecular complexity index is 967. The number of rotatable bonds is 5. The second-order valence-corrected chi connectivity index (χ2v) is 6.49. The molecule has 0 aliphatic carbocycles. The lowest BCUT2D eigenvalue weighted by atomic mass is 10.0. The summed E-state index contributed by atoms with van der Waals surface area (Å²) in [7, 11) is 0. The summed E-state index contributed by atoms with van der Waals surface area (Å²) in [5, 5.41) is 15.2. The van der Waals surface area contributed by atoms with Gasteiger partial charge in [0.1, 0.15) is 6.04 Å². The van der Waals surface area contributed by atoms with Gasteiger partial charge in [-0.3, -0.25) is 9.59 Å². The van der Waals surface area contributed by atoms with Gasteiger partial charge in [-0.25, -0.2) is 9.48 Å². The lowest BCUT2D eigenvalue weighted by molar-refractivity contribution is -0.140. The average molecular weight is 397 g/mol. The molecule has 0 saturated carbocycles. The summed E-state index contributed by atoms with van der Waals surface area (Å²) < 4.78 is 39.9. The third-order valence-electron chi connectivity index (χ3n) is 3.96. The minimum absolute atomic E-state index is 0.0000177. The molecule has 150 valence electrons. The lowest BCUT2D eigenvalue weighted by Gasteiger charge is -2.18. The fraction of sp³-hybridized carbons (Fsp3) is 0.333. The molecule has 1 amide bonds. The Morgan fingerprint density at radius 2 is 1.86 bits per heavy atom. The second-order valence-electron chi connectivity index (χ2n) is 6.49. The molecule has 2 aromatic rings. The molecule has 1 aromatic heterocycles. The maximum atomic E-state index is 13.0. The number of aliphatic carboxylic acids is 1. The van der Waals surface area contributed by atoms with Gasteiger partial charge in [-0.05, 0) is 31.0 Å². The van der Waals surface area contributed by atoms with E-state index in [1.165, 1.54) is 19.1 Å². The monoisotopic (exact) mass is 397 g/mol. The Hall–Kier alpha value is -3.17. The molecule has 0 aliphatic heterocycles. The highest BCUT2D eigenvalue weighted by Gasteiger charge is 2.31. The van der Waals surface area contributed by atoms with E-state index >= 15 is 0 Å². The van der Waals surface area contributed by atoms with Crippen LogP contribution in [-0.2, 0) is 11.0 Å². The van der Waals surface area contributed by atoms with Crippen LogP contribution in [0.5, 0.6) is 0 Å². The van der Waals surface area contributed by atoms with Gasteiger partial charge in [-0.15, -0.1) is 0 Å². The summed E-state index contributed by atoms with van der Waals surface area (Å²) >= 11 is 0. The summed E-state index contributed by atoms with van der Waals surface area (Å²) in [4.78, 5) is 35.8. The van der Waals surface area contributed by atoms with Crippen molar-refractivity contribution in [3.05, 3.63) is 57.5 Å². The van der Waals surface area contributed by atoms with Crippen LogP contribution < -0.4 is 10.7 Å². The van der Waals surface area contributed by atoms with Crippen molar-refractivity contribution in [1.82, 2.24) is 15.1 Å². The molecule has 2 N–H and O–H groups in total. The largest absolute Gasteiger partial charge is 0.480 e. The van der Waals surface area contributed by atoms with Gasteiger partial charge in [-0.2, -0.15) is 18.3 Å². The SMILES string of the molecule is Cc1cc(=O)c(C(=O)NC(C(=O)O)C(C)C)nn1-c1cccc(C(F)(F)F)c1. The first kappa shape index (κ1) is 21.1. The highest BCUT2D eigenvalue weighted by atomic mass is 19.4. The van der Waals surface area contributed by atoms with E-state index in [9.17, 15) is 27.6 Å². The number of amides is 1. The number of carbonyl (C=O) groups is 2. The number of hydrogen-bond donors (Lipinski definition) is 2. The number of carboxylic acid groups (broad SMARTS) is 1. The summed E-state index contributed by atoms with van der Waals surface area (Å²) in [6.07, 6.45) is -4.57. The maximum Gasteiger partial charge on any atom is 0.416 e. The number of nitrogens with one attached hydrogen (secondary N) is 1. The van der Waals surface area contributed by atoms with Crippen LogP contribution in [0.25, 0.3) is 5.69 Å². The van der Waals surface area contributed by atoms with Crippen molar-refractivity contribution in [2.75, 3.05) is 0 Å². The van der Waals surface area contributed by atoms with E-state index in [1.54, 1.807) is 13.8 Å². The first-order valence-corrected chi connectivity index (χ1v) is 8.24. The van der Waals surface area contributed by atoms with Crippen LogP contribution in [0.3, 0.4) is 0 Å². The van der Waals surface area contributed by atoms with Crippen LogP contribution in [0.1, 0.15) is 35.6 Å². The van der Waals surface area contributed by atoms with Gasteiger partial charge in [-0.1, -0.05) is 19.9 Å². The zero-order chi connectivity index (χ0) is 21.2. The standard InChI is InChI=1S/C18H18F3N3O4/c1-9(2)14(17(27)28)22-16(26)15-13(25)7-10(3)24(23-15)12-6-4-5-11(8-12)18(19,20)21/h4-9,14H,1-3H3,(H,22,26)(H,27,28). The molecule has 1 atom stereocenters. The minimum Gasteiger partial charge on any atom is -0.480 e. The van der Waals surface area contributed by atoms with Crippen molar-refractivity contribution in [2.45, 2.75) is 33.0 Å². The number of nitrogens with zero attached hydrogens (tertiary/aromatic N) is 2. The van der Waals surface area contributed by atoms with Gasteiger partial charge < -0.3 is 10.4 Å². The van der Waals surface area contributed by atoms with E-state index < -0.39 is 46.7 Å². The van der Waals surface area contributed by atoms with Crippen LogP contribution in [-0.4, -0.2) is 32.8 Å². The zero-order valence-corrected chi connectivity index (χ0v) is 15.2. The van der Waals surface area contributed by atoms with E-state index in [4.69, 9.17) is 5.11 Å². The van der Waals surface area contributed by atoms with Gasteiger partial charge >= 0.3 is 12.1 Å². The highest BCUT2D eigenvalue weighted by Crippen LogP contribution is 2.30. The molecular formula is C18H18F3N3O4. The fourth-order valence-electron chi connectivity index (χ4n) is 2.50. The summed E-state index contributed by atoms with van der Waals surface area (Å²) in [6, 6.07) is 4.03. The Morgan fingerprint density at radius 1 is 1.21 bits per heavy atom. The Morgan fingerprint density at radius 3 is 2.39 bits per heavy atom. The van der Waals surface area contributed by atoms with Gasteiger partial charge in [0.05, 0.1) is 11.3 Å². The van der Waals surface area contributed by atoms with Crippen molar-refractivity contribution >= 4 is 11.9 Å². The molecule has 0 saturated heterocycles. The molecule has 0 aliphatic rings. The van der Waals surface area contributed by atoms with Crippen LogP contribution >= 0.6 is 0 Å². The molecule has 28 heavy (non-hydrogen) atoms. The van der Waals surface area contributed by atoms with Crippen LogP contribution in [0.4, 0.5) is 13.2 Å². The normalized spacial score (nSPS) is 12.7. The van der Waals surface area contributed by atoms with Crippen molar-refractivity contribution in [3.63, 3.8) is 0 Å². The van der Waals surface area contributed by atoms with Crippen molar-refractivity contribution in [3.8, 4) is 5.69 Å². The molecule has 2 rings (SSSR count). The third kappa shape index (κ3) is 4.56. The first-order chi connectivity index (χ1) is 12.9. The van der Waals surface area contributed by atoms with E-state index in [1.807, 2.05) is 0 Å². The van der Waals surface area contributed by atoms with Gasteiger partial charge in [0.2, 0.25) is 5.43 Å². The molecule has 10 heteroatoms. The molecule has 1 aromatic carbocycles.